The molecule has 0 saturated carbocycles. The minimum Gasteiger partial charge on any atom is -0.0622 e. The molecule has 0 fully saturated rings. The smallest absolute Gasteiger partial charge is 0.0622 e. The van der Waals surface area contributed by atoms with E-state index in [1.807, 2.05) is 0 Å². The van der Waals surface area contributed by atoms with Crippen molar-refractivity contribution >= 4 is 23.9 Å². The first-order valence-corrected chi connectivity index (χ1v) is 4.50. The van der Waals surface area contributed by atoms with Crippen LogP contribution in [0.4, 0.5) is 0 Å². The van der Waals surface area contributed by atoms with Gasteiger partial charge in [-0.3, -0.25) is 0 Å². The molecule has 0 aliphatic heterocycles. The molecule has 93 valence electrons. The molecule has 3 aromatic carbocycles. The normalized spacial score (nSPS) is 18.6. The second kappa shape index (κ2) is 14.5. The van der Waals surface area contributed by atoms with Gasteiger partial charge in [-0.25, -0.2) is 0 Å². The van der Waals surface area contributed by atoms with Crippen LogP contribution in [0.3, 0.4) is 0 Å². The third-order valence-corrected chi connectivity index (χ3v) is 1.12. The van der Waals surface area contributed by atoms with E-state index in [4.69, 9.17) is 20.6 Å². The minimum absolute atomic E-state index is 0. The molecule has 3 rings (SSSR count). The van der Waals surface area contributed by atoms with E-state index < -0.39 is 0 Å². The van der Waals surface area contributed by atoms with Crippen LogP contribution in [0, 0.1) is 18.2 Å². The zero-order valence-electron chi connectivity index (χ0n) is 24.5. The summed E-state index contributed by atoms with van der Waals surface area (Å²) in [6.07, 6.45) is 0. The maximum atomic E-state index is 7.09. The molecule has 0 aromatic heterocycles. The fourth-order valence-corrected chi connectivity index (χ4v) is 0.562. The van der Waals surface area contributed by atoms with Crippen molar-refractivity contribution in [3.8, 4) is 0 Å². The molecule has 0 heterocycles. The van der Waals surface area contributed by atoms with Crippen molar-refractivity contribution in [2.24, 2.45) is 0 Å². The monoisotopic (exact) mass is 368 g/mol. The maximum Gasteiger partial charge on any atom is 0.0629 e. The maximum absolute atomic E-state index is 7.09. The predicted octanol–water partition coefficient (Wildman–Crippen LogP) is 4.33. The first-order valence-electron chi connectivity index (χ1n) is 12.0. The fourth-order valence-electron chi connectivity index (χ4n) is 0.562. The average molecular weight is 367 g/mol. The van der Waals surface area contributed by atoms with Crippen LogP contribution >= 0.6 is 0 Å². The molecule has 0 aliphatic carbocycles. The van der Waals surface area contributed by atoms with E-state index in [9.17, 15) is 0 Å². The van der Waals surface area contributed by atoms with Crippen LogP contribution < -0.4 is 0 Å². The van der Waals surface area contributed by atoms with Gasteiger partial charge in [-0.2, -0.15) is 0 Å². The van der Waals surface area contributed by atoms with Crippen molar-refractivity contribution in [2.45, 2.75) is 0 Å². The Morgan fingerprint density at radius 1 is 0.474 bits per heavy atom. The molecule has 7 radical (unpaired) electrons. The van der Waals surface area contributed by atoms with Crippen LogP contribution in [0.1, 0.15) is 22.0 Å². The van der Waals surface area contributed by atoms with Gasteiger partial charge in [0, 0.05) is 25.3 Å². The number of hydrogen-bond acceptors (Lipinski definition) is 0. The molecule has 3 aromatic rings. The van der Waals surface area contributed by atoms with Crippen molar-refractivity contribution < 1.29 is 22.0 Å². The van der Waals surface area contributed by atoms with Gasteiger partial charge in [0.05, 0.1) is 20.6 Å². The Hall–Kier alpha value is -1.54. The molecule has 0 bridgehead atoms. The van der Waals surface area contributed by atoms with Crippen LogP contribution in [0.25, 0.3) is 0 Å². The summed E-state index contributed by atoms with van der Waals surface area (Å²) >= 11 is 0. The van der Waals surface area contributed by atoms with Crippen LogP contribution in [-0.4, -0.2) is 23.9 Å². The van der Waals surface area contributed by atoms with E-state index in [1.165, 1.54) is 0 Å². The third kappa shape index (κ3) is 12.7. The first-order chi connectivity index (χ1) is 15.1. The topological polar surface area (TPSA) is 0 Å². The zero-order valence-corrected chi connectivity index (χ0v) is 12.4. The zero-order chi connectivity index (χ0) is 25.8. The Balaban J connectivity index is 0. The molecule has 0 nitrogen and oxygen atoms in total. The summed E-state index contributed by atoms with van der Waals surface area (Å²) < 4.78 is 106. The summed E-state index contributed by atoms with van der Waals surface area (Å²) in [5.41, 5.74) is 0. The fraction of sp³-hybridized carbons (Fsp3) is 0. The average Bonchev–Trinajstić information content (AvgIpc) is 2.77. The summed E-state index contributed by atoms with van der Waals surface area (Å²) in [5, 5.41) is 0. The molecule has 1 heteroatoms. The van der Waals surface area contributed by atoms with E-state index in [0.29, 0.717) is 0 Å². The van der Waals surface area contributed by atoms with Gasteiger partial charge in [-0.05, 0) is 18.2 Å². The van der Waals surface area contributed by atoms with Crippen LogP contribution in [0.2, 0.25) is 0 Å². The van der Waals surface area contributed by atoms with Gasteiger partial charge in [-0.1, -0.05) is 90.6 Å². The van der Waals surface area contributed by atoms with Gasteiger partial charge in [0.1, 0.15) is 0 Å². The van der Waals surface area contributed by atoms with Gasteiger partial charge >= 0.3 is 0 Å². The summed E-state index contributed by atoms with van der Waals surface area (Å²) in [4.78, 5) is 0. The molecule has 0 aliphatic rings. The molecule has 0 N–H and O–H groups in total. The van der Waals surface area contributed by atoms with Crippen LogP contribution in [-0.2, 0) is 0 Å². The van der Waals surface area contributed by atoms with Crippen molar-refractivity contribution in [3.05, 3.63) is 109 Å². The standard InChI is InChI=1S/3C6H5.Sn.H2/c3*1-2-4-6-5-3-1;;/h3*1-5H;;1H/i3*1D,2D,3D,4D,5D;;. The molecule has 0 amide bonds. The summed E-state index contributed by atoms with van der Waals surface area (Å²) in [7, 11) is 0. The largest absolute Gasteiger partial charge is 0.0629 e. The Morgan fingerprint density at radius 2 is 0.684 bits per heavy atom. The van der Waals surface area contributed by atoms with Gasteiger partial charge in [0.25, 0.3) is 0 Å². The van der Waals surface area contributed by atoms with E-state index in [1.54, 1.807) is 0 Å². The van der Waals surface area contributed by atoms with E-state index in [0.717, 1.165) is 0 Å². The Labute approximate surface area is 155 Å². The summed E-state index contributed by atoms with van der Waals surface area (Å²) in [6, 6.07) is 1.61. The minimum atomic E-state index is -0.376. The molecule has 0 spiro atoms. The SMILES string of the molecule is [2H]c1[c]c([2H])c([2H])c([2H])c1[2H].[2H]c1[c]c([2H])c([2H])c([2H])c1[2H].[2H]c1[c]c([2H])c([2H])c([2H])c1[2H].[HH].[Sn]. The quantitative estimate of drug-likeness (QED) is 0.519. The van der Waals surface area contributed by atoms with Gasteiger partial charge in [0.2, 0.25) is 0 Å². The van der Waals surface area contributed by atoms with Crippen molar-refractivity contribution in [1.82, 2.24) is 0 Å². The third-order valence-electron chi connectivity index (χ3n) is 1.12. The Morgan fingerprint density at radius 3 is 0.895 bits per heavy atom. The molecule has 0 saturated heterocycles. The molecule has 19 heavy (non-hydrogen) atoms. The first kappa shape index (κ1) is 4.78. The molecular weight excluding hydrogens is 335 g/mol. The Kier molecular flexibility index (Phi) is 3.65. The second-order valence-corrected chi connectivity index (χ2v) is 2.25. The number of rotatable bonds is 0. The molecule has 0 unspecified atom stereocenters. The second-order valence-electron chi connectivity index (χ2n) is 2.25. The summed E-state index contributed by atoms with van der Waals surface area (Å²) in [6.45, 7) is 0. The number of hydrogen-bond donors (Lipinski definition) is 0. The van der Waals surface area contributed by atoms with E-state index >= 15 is 0 Å². The predicted molar refractivity (Wildman–Crippen MR) is 83.7 cm³/mol. The van der Waals surface area contributed by atoms with Gasteiger partial charge in [-0.15, -0.1) is 0 Å². The van der Waals surface area contributed by atoms with Crippen molar-refractivity contribution in [1.29, 1.82) is 0 Å². The van der Waals surface area contributed by atoms with Crippen molar-refractivity contribution in [3.63, 3.8) is 0 Å². The van der Waals surface area contributed by atoms with E-state index in [-0.39, 0.29) is 116 Å². The van der Waals surface area contributed by atoms with Gasteiger partial charge < -0.3 is 0 Å². The molecule has 0 atom stereocenters. The number of benzene rings is 3. The van der Waals surface area contributed by atoms with E-state index in [2.05, 4.69) is 18.2 Å². The van der Waals surface area contributed by atoms with Gasteiger partial charge in [0.15, 0.2) is 0 Å². The summed E-state index contributed by atoms with van der Waals surface area (Å²) in [5.74, 6) is 0. The Bertz CT molecular complexity index is 956. The van der Waals surface area contributed by atoms with Crippen LogP contribution in [0.5, 0.6) is 0 Å². The van der Waals surface area contributed by atoms with Crippen LogP contribution in [0.15, 0.2) is 90.6 Å². The molecular formula is C18H17Sn. The van der Waals surface area contributed by atoms with Crippen molar-refractivity contribution in [2.75, 3.05) is 0 Å².